The zero-order valence-corrected chi connectivity index (χ0v) is 13.2. The van der Waals surface area contributed by atoms with Gasteiger partial charge in [0.25, 0.3) is 0 Å². The van der Waals surface area contributed by atoms with Crippen molar-refractivity contribution in [3.63, 3.8) is 0 Å². The first kappa shape index (κ1) is 17.8. The molecular formula is C15H29N3O3. The van der Waals surface area contributed by atoms with Crippen molar-refractivity contribution in [3.05, 3.63) is 0 Å². The van der Waals surface area contributed by atoms with E-state index in [1.807, 2.05) is 0 Å². The lowest BCUT2D eigenvalue weighted by atomic mass is 9.82. The van der Waals surface area contributed by atoms with Crippen molar-refractivity contribution in [2.75, 3.05) is 32.7 Å². The molecule has 1 rings (SSSR count). The Morgan fingerprint density at radius 3 is 2.24 bits per heavy atom. The number of amides is 2. The SMILES string of the molecule is CCN(CC)CCNC(=O)NCC1CCC(C(=O)O)CC1. The summed E-state index contributed by atoms with van der Waals surface area (Å²) in [6.45, 7) is 8.36. The smallest absolute Gasteiger partial charge is 0.314 e. The third-order valence-corrected chi connectivity index (χ3v) is 4.36. The predicted octanol–water partition coefficient (Wildman–Crippen LogP) is 1.52. The standard InChI is InChI=1S/C15H29N3O3/c1-3-18(4-2)10-9-16-15(21)17-11-12-5-7-13(8-6-12)14(19)20/h12-13H,3-11H2,1-2H3,(H,19,20)(H2,16,17,21). The number of carbonyl (C=O) groups is 2. The maximum Gasteiger partial charge on any atom is 0.314 e. The van der Waals surface area contributed by atoms with Gasteiger partial charge in [0.05, 0.1) is 5.92 Å². The van der Waals surface area contributed by atoms with Gasteiger partial charge in [-0.3, -0.25) is 4.79 Å². The van der Waals surface area contributed by atoms with Gasteiger partial charge >= 0.3 is 12.0 Å². The van der Waals surface area contributed by atoms with Gasteiger partial charge in [-0.1, -0.05) is 13.8 Å². The average Bonchev–Trinajstić information content (AvgIpc) is 2.50. The van der Waals surface area contributed by atoms with Crippen LogP contribution in [-0.2, 0) is 4.79 Å². The van der Waals surface area contributed by atoms with E-state index < -0.39 is 5.97 Å². The molecule has 0 bridgehead atoms. The fourth-order valence-corrected chi connectivity index (χ4v) is 2.78. The van der Waals surface area contributed by atoms with Gasteiger partial charge in [0.15, 0.2) is 0 Å². The average molecular weight is 299 g/mol. The Morgan fingerprint density at radius 1 is 1.10 bits per heavy atom. The van der Waals surface area contributed by atoms with Gasteiger partial charge in [0.2, 0.25) is 0 Å². The topological polar surface area (TPSA) is 81.7 Å². The molecule has 0 aliphatic heterocycles. The number of hydrogen-bond donors (Lipinski definition) is 3. The molecule has 0 atom stereocenters. The lowest BCUT2D eigenvalue weighted by Crippen LogP contribution is -2.42. The fraction of sp³-hybridized carbons (Fsp3) is 0.867. The summed E-state index contributed by atoms with van der Waals surface area (Å²) in [5.41, 5.74) is 0. The van der Waals surface area contributed by atoms with Crippen LogP contribution in [0.4, 0.5) is 4.79 Å². The Kier molecular flexibility index (Phi) is 8.12. The molecule has 6 nitrogen and oxygen atoms in total. The number of aliphatic carboxylic acids is 1. The summed E-state index contributed by atoms with van der Waals surface area (Å²) in [6, 6.07) is -0.123. The summed E-state index contributed by atoms with van der Waals surface area (Å²) in [5, 5.41) is 14.7. The quantitative estimate of drug-likeness (QED) is 0.634. The molecule has 0 aromatic rings. The van der Waals surface area contributed by atoms with Gasteiger partial charge in [0, 0.05) is 19.6 Å². The van der Waals surface area contributed by atoms with Crippen LogP contribution >= 0.6 is 0 Å². The van der Waals surface area contributed by atoms with E-state index >= 15 is 0 Å². The van der Waals surface area contributed by atoms with Crippen molar-refractivity contribution in [1.29, 1.82) is 0 Å². The van der Waals surface area contributed by atoms with E-state index in [1.54, 1.807) is 0 Å². The van der Waals surface area contributed by atoms with Gasteiger partial charge < -0.3 is 20.6 Å². The molecule has 0 heterocycles. The van der Waals surface area contributed by atoms with Crippen LogP contribution in [0, 0.1) is 11.8 Å². The van der Waals surface area contributed by atoms with Gasteiger partial charge in [-0.2, -0.15) is 0 Å². The molecular weight excluding hydrogens is 270 g/mol. The van der Waals surface area contributed by atoms with Crippen LogP contribution in [0.2, 0.25) is 0 Å². The molecule has 0 saturated heterocycles. The second kappa shape index (κ2) is 9.60. The summed E-state index contributed by atoms with van der Waals surface area (Å²) in [7, 11) is 0. The summed E-state index contributed by atoms with van der Waals surface area (Å²) in [4.78, 5) is 24.8. The van der Waals surface area contributed by atoms with E-state index in [2.05, 4.69) is 29.4 Å². The van der Waals surface area contributed by atoms with Gasteiger partial charge in [-0.05, 0) is 44.7 Å². The van der Waals surface area contributed by atoms with Crippen LogP contribution in [0.25, 0.3) is 0 Å². The number of carbonyl (C=O) groups excluding carboxylic acids is 1. The van der Waals surface area contributed by atoms with Crippen molar-refractivity contribution < 1.29 is 14.7 Å². The molecule has 122 valence electrons. The van der Waals surface area contributed by atoms with Crippen LogP contribution in [0.15, 0.2) is 0 Å². The van der Waals surface area contributed by atoms with Gasteiger partial charge in [-0.25, -0.2) is 4.79 Å². The maximum absolute atomic E-state index is 11.7. The monoisotopic (exact) mass is 299 g/mol. The lowest BCUT2D eigenvalue weighted by molar-refractivity contribution is -0.143. The number of rotatable bonds is 8. The molecule has 6 heteroatoms. The summed E-state index contributed by atoms with van der Waals surface area (Å²) < 4.78 is 0. The Hall–Kier alpha value is -1.30. The summed E-state index contributed by atoms with van der Waals surface area (Å²) in [5.74, 6) is -0.464. The zero-order chi connectivity index (χ0) is 15.7. The van der Waals surface area contributed by atoms with Gasteiger partial charge in [-0.15, -0.1) is 0 Å². The van der Waals surface area contributed by atoms with Gasteiger partial charge in [0.1, 0.15) is 0 Å². The largest absolute Gasteiger partial charge is 0.481 e. The summed E-state index contributed by atoms with van der Waals surface area (Å²) >= 11 is 0. The van der Waals surface area contributed by atoms with Crippen molar-refractivity contribution in [2.45, 2.75) is 39.5 Å². The zero-order valence-electron chi connectivity index (χ0n) is 13.2. The molecule has 0 unspecified atom stereocenters. The van der Waals surface area contributed by atoms with E-state index in [0.29, 0.717) is 19.0 Å². The number of carboxylic acid groups (broad SMARTS) is 1. The molecule has 0 radical (unpaired) electrons. The third-order valence-electron chi connectivity index (χ3n) is 4.36. The highest BCUT2D eigenvalue weighted by atomic mass is 16.4. The van der Waals surface area contributed by atoms with Crippen LogP contribution in [-0.4, -0.2) is 54.7 Å². The highest BCUT2D eigenvalue weighted by molar-refractivity contribution is 5.73. The first-order chi connectivity index (χ1) is 10.1. The van der Waals surface area contributed by atoms with Crippen molar-refractivity contribution in [3.8, 4) is 0 Å². The van der Waals surface area contributed by atoms with Crippen LogP contribution in [0.3, 0.4) is 0 Å². The number of hydrogen-bond acceptors (Lipinski definition) is 3. The van der Waals surface area contributed by atoms with Crippen LogP contribution < -0.4 is 10.6 Å². The van der Waals surface area contributed by atoms with E-state index in [0.717, 1.165) is 45.3 Å². The number of urea groups is 1. The van der Waals surface area contributed by atoms with Crippen molar-refractivity contribution in [1.82, 2.24) is 15.5 Å². The second-order valence-electron chi connectivity index (χ2n) is 5.72. The van der Waals surface area contributed by atoms with E-state index in [-0.39, 0.29) is 11.9 Å². The molecule has 1 fully saturated rings. The van der Waals surface area contributed by atoms with E-state index in [1.165, 1.54) is 0 Å². The molecule has 1 saturated carbocycles. The fourth-order valence-electron chi connectivity index (χ4n) is 2.78. The number of likely N-dealkylation sites (N-methyl/N-ethyl adjacent to an activating group) is 1. The molecule has 2 amide bonds. The summed E-state index contributed by atoms with van der Waals surface area (Å²) in [6.07, 6.45) is 3.23. The third kappa shape index (κ3) is 6.80. The van der Waals surface area contributed by atoms with E-state index in [9.17, 15) is 9.59 Å². The molecule has 1 aliphatic carbocycles. The second-order valence-corrected chi connectivity index (χ2v) is 5.72. The first-order valence-electron chi connectivity index (χ1n) is 8.03. The molecule has 0 aromatic heterocycles. The molecule has 1 aliphatic rings. The highest BCUT2D eigenvalue weighted by Crippen LogP contribution is 2.28. The molecule has 0 spiro atoms. The Balaban J connectivity index is 2.10. The minimum absolute atomic E-state index is 0.123. The number of nitrogens with zero attached hydrogens (tertiary/aromatic N) is 1. The predicted molar refractivity (Wildman–Crippen MR) is 82.3 cm³/mol. The Bertz CT molecular complexity index is 324. The van der Waals surface area contributed by atoms with Crippen molar-refractivity contribution >= 4 is 12.0 Å². The Labute approximate surface area is 127 Å². The Morgan fingerprint density at radius 2 is 1.71 bits per heavy atom. The lowest BCUT2D eigenvalue weighted by Gasteiger charge is -2.26. The van der Waals surface area contributed by atoms with Crippen LogP contribution in [0.1, 0.15) is 39.5 Å². The highest BCUT2D eigenvalue weighted by Gasteiger charge is 2.25. The normalized spacial score (nSPS) is 22.0. The van der Waals surface area contributed by atoms with Crippen LogP contribution in [0.5, 0.6) is 0 Å². The minimum Gasteiger partial charge on any atom is -0.481 e. The maximum atomic E-state index is 11.7. The molecule has 3 N–H and O–H groups in total. The number of carboxylic acids is 1. The first-order valence-corrected chi connectivity index (χ1v) is 8.03. The number of nitrogens with one attached hydrogen (secondary N) is 2. The van der Waals surface area contributed by atoms with Crippen molar-refractivity contribution in [2.24, 2.45) is 11.8 Å². The molecule has 21 heavy (non-hydrogen) atoms. The van der Waals surface area contributed by atoms with E-state index in [4.69, 9.17) is 5.11 Å². The minimum atomic E-state index is -0.685. The molecule has 0 aromatic carbocycles.